The van der Waals surface area contributed by atoms with Gasteiger partial charge < -0.3 is 0 Å². The van der Waals surface area contributed by atoms with Crippen molar-refractivity contribution >= 4 is 39.2 Å². The van der Waals surface area contributed by atoms with E-state index >= 15 is 0 Å². The van der Waals surface area contributed by atoms with Crippen molar-refractivity contribution in [1.82, 2.24) is 0 Å². The van der Waals surface area contributed by atoms with Crippen LogP contribution in [-0.4, -0.2) is 14.6 Å². The van der Waals surface area contributed by atoms with Gasteiger partial charge in [-0.2, -0.15) is 12.8 Å². The van der Waals surface area contributed by atoms with E-state index in [1.807, 2.05) is 11.4 Å². The van der Waals surface area contributed by atoms with Crippen molar-refractivity contribution in [2.45, 2.75) is 4.90 Å². The topological polar surface area (TPSA) is 46.5 Å². The lowest BCUT2D eigenvalue weighted by atomic mass is 10.4. The highest BCUT2D eigenvalue weighted by Gasteiger charge is 2.10. The molecule has 0 atom stereocenters. The van der Waals surface area contributed by atoms with Gasteiger partial charge in [0.15, 0.2) is 0 Å². The maximum absolute atomic E-state index is 11.8. The van der Waals surface area contributed by atoms with Crippen LogP contribution in [0.2, 0.25) is 5.02 Å². The molecule has 0 spiro atoms. The molecule has 3 nitrogen and oxygen atoms in total. The number of sulfonamides is 1. The average Bonchev–Trinajstić information content (AvgIpc) is 2.80. The van der Waals surface area contributed by atoms with Crippen molar-refractivity contribution in [2.75, 3.05) is 0 Å². The zero-order valence-electron chi connectivity index (χ0n) is 8.58. The summed E-state index contributed by atoms with van der Waals surface area (Å²) in [6, 6.07) is 9.55. The second-order valence-electron chi connectivity index (χ2n) is 3.18. The minimum absolute atomic E-state index is 0.134. The molecule has 0 saturated carbocycles. The van der Waals surface area contributed by atoms with Gasteiger partial charge in [0.05, 0.1) is 11.1 Å². The van der Waals surface area contributed by atoms with E-state index in [4.69, 9.17) is 11.6 Å². The van der Waals surface area contributed by atoms with Crippen LogP contribution in [0.3, 0.4) is 0 Å². The zero-order valence-corrected chi connectivity index (χ0v) is 11.0. The maximum atomic E-state index is 11.8. The third-order valence-electron chi connectivity index (χ3n) is 1.97. The molecule has 6 heteroatoms. The molecular weight excluding hydrogens is 278 g/mol. The van der Waals surface area contributed by atoms with E-state index in [1.165, 1.54) is 41.8 Å². The van der Waals surface area contributed by atoms with Gasteiger partial charge in [0.1, 0.15) is 0 Å². The number of thiophene rings is 1. The highest BCUT2D eigenvalue weighted by Crippen LogP contribution is 2.16. The summed E-state index contributed by atoms with van der Waals surface area (Å²) in [6.45, 7) is 0. The van der Waals surface area contributed by atoms with Gasteiger partial charge in [0, 0.05) is 9.90 Å². The Kier molecular flexibility index (Phi) is 3.61. The minimum Gasteiger partial charge on any atom is -0.199 e. The second-order valence-corrected chi connectivity index (χ2v) is 6.23. The monoisotopic (exact) mass is 285 g/mol. The average molecular weight is 286 g/mol. The van der Waals surface area contributed by atoms with Gasteiger partial charge in [0.25, 0.3) is 10.0 Å². The highest BCUT2D eigenvalue weighted by molar-refractivity contribution is 7.90. The number of rotatable bonds is 3. The molecule has 0 aliphatic rings. The number of nitrogens with zero attached hydrogens (tertiary/aromatic N) is 1. The number of benzene rings is 1. The van der Waals surface area contributed by atoms with E-state index in [0.29, 0.717) is 5.02 Å². The Bertz CT molecular complexity index is 616. The molecule has 0 amide bonds. The minimum atomic E-state index is -3.64. The molecular formula is C11H8ClNO2S2. The molecule has 0 unspecified atom stereocenters. The van der Waals surface area contributed by atoms with E-state index in [-0.39, 0.29) is 4.90 Å². The first-order valence-corrected chi connectivity index (χ1v) is 7.37. The fraction of sp³-hybridized carbons (Fsp3) is 0. The van der Waals surface area contributed by atoms with Crippen molar-refractivity contribution in [3.8, 4) is 0 Å². The molecule has 0 aliphatic heterocycles. The Morgan fingerprint density at radius 3 is 2.47 bits per heavy atom. The van der Waals surface area contributed by atoms with Crippen molar-refractivity contribution < 1.29 is 8.42 Å². The van der Waals surface area contributed by atoms with Crippen LogP contribution in [0.15, 0.2) is 51.1 Å². The fourth-order valence-corrected chi connectivity index (χ4v) is 2.79. The lowest BCUT2D eigenvalue weighted by Gasteiger charge is -1.97. The number of hydrogen-bond donors (Lipinski definition) is 0. The summed E-state index contributed by atoms with van der Waals surface area (Å²) < 4.78 is 27.2. The van der Waals surface area contributed by atoms with E-state index in [2.05, 4.69) is 4.40 Å². The van der Waals surface area contributed by atoms with Crippen LogP contribution in [-0.2, 0) is 10.0 Å². The SMILES string of the molecule is O=S(=O)(/N=C/c1cccs1)c1ccc(Cl)cc1. The van der Waals surface area contributed by atoms with Gasteiger partial charge in [-0.1, -0.05) is 17.7 Å². The molecule has 0 aliphatic carbocycles. The Morgan fingerprint density at radius 2 is 1.88 bits per heavy atom. The highest BCUT2D eigenvalue weighted by atomic mass is 35.5. The summed E-state index contributed by atoms with van der Waals surface area (Å²) in [6.07, 6.45) is 1.34. The second kappa shape index (κ2) is 5.00. The van der Waals surface area contributed by atoms with Crippen LogP contribution < -0.4 is 0 Å². The molecule has 17 heavy (non-hydrogen) atoms. The van der Waals surface area contributed by atoms with Crippen molar-refractivity contribution in [1.29, 1.82) is 0 Å². The lowest BCUT2D eigenvalue weighted by Crippen LogP contribution is -1.96. The van der Waals surface area contributed by atoms with E-state index in [9.17, 15) is 8.42 Å². The summed E-state index contributed by atoms with van der Waals surface area (Å²) in [5.41, 5.74) is 0. The predicted molar refractivity (Wildman–Crippen MR) is 70.6 cm³/mol. The summed E-state index contributed by atoms with van der Waals surface area (Å²) in [5, 5.41) is 2.35. The molecule has 0 N–H and O–H groups in total. The van der Waals surface area contributed by atoms with Crippen LogP contribution in [0, 0.1) is 0 Å². The molecule has 0 fully saturated rings. The molecule has 2 aromatic rings. The van der Waals surface area contributed by atoms with E-state index in [1.54, 1.807) is 6.07 Å². The number of halogens is 1. The molecule has 1 aromatic carbocycles. The van der Waals surface area contributed by atoms with Crippen LogP contribution in [0.1, 0.15) is 4.88 Å². The largest absolute Gasteiger partial charge is 0.282 e. The maximum Gasteiger partial charge on any atom is 0.282 e. The third kappa shape index (κ3) is 3.15. The molecule has 0 radical (unpaired) electrons. The summed E-state index contributed by atoms with van der Waals surface area (Å²) >= 11 is 7.11. The first-order chi connectivity index (χ1) is 8.08. The van der Waals surface area contributed by atoms with Crippen LogP contribution in [0.25, 0.3) is 0 Å². The van der Waals surface area contributed by atoms with Gasteiger partial charge in [-0.3, -0.25) is 0 Å². The lowest BCUT2D eigenvalue weighted by molar-refractivity contribution is 0.598. The molecule has 2 rings (SSSR count). The van der Waals surface area contributed by atoms with Crippen molar-refractivity contribution in [2.24, 2.45) is 4.40 Å². The fourth-order valence-electron chi connectivity index (χ4n) is 1.15. The van der Waals surface area contributed by atoms with E-state index in [0.717, 1.165) is 4.88 Å². The molecule has 0 saturated heterocycles. The van der Waals surface area contributed by atoms with Crippen molar-refractivity contribution in [3.63, 3.8) is 0 Å². The number of hydrogen-bond acceptors (Lipinski definition) is 3. The predicted octanol–water partition coefficient (Wildman–Crippen LogP) is 3.21. The summed E-state index contributed by atoms with van der Waals surface area (Å²) in [7, 11) is -3.64. The van der Waals surface area contributed by atoms with Gasteiger partial charge in [0.2, 0.25) is 0 Å². The Labute approximate surface area is 108 Å². The standard InChI is InChI=1S/C11H8ClNO2S2/c12-9-3-5-11(6-4-9)17(14,15)13-8-10-2-1-7-16-10/h1-8H/b13-8+. The van der Waals surface area contributed by atoms with Gasteiger partial charge >= 0.3 is 0 Å². The van der Waals surface area contributed by atoms with Gasteiger partial charge in [-0.15, -0.1) is 11.3 Å². The van der Waals surface area contributed by atoms with Gasteiger partial charge in [-0.05, 0) is 35.7 Å². The van der Waals surface area contributed by atoms with Crippen LogP contribution in [0.5, 0.6) is 0 Å². The Hall–Kier alpha value is -1.17. The Balaban J connectivity index is 2.28. The Morgan fingerprint density at radius 1 is 1.18 bits per heavy atom. The first-order valence-electron chi connectivity index (χ1n) is 4.67. The molecule has 1 aromatic heterocycles. The molecule has 0 bridgehead atoms. The first kappa shape index (κ1) is 12.3. The normalized spacial score (nSPS) is 12.1. The third-order valence-corrected chi connectivity index (χ3v) is 4.28. The smallest absolute Gasteiger partial charge is 0.199 e. The van der Waals surface area contributed by atoms with Crippen molar-refractivity contribution in [3.05, 3.63) is 51.7 Å². The molecule has 1 heterocycles. The van der Waals surface area contributed by atoms with Crippen LogP contribution >= 0.6 is 22.9 Å². The van der Waals surface area contributed by atoms with E-state index < -0.39 is 10.0 Å². The van der Waals surface area contributed by atoms with Gasteiger partial charge in [-0.25, -0.2) is 0 Å². The van der Waals surface area contributed by atoms with Crippen LogP contribution in [0.4, 0.5) is 0 Å². The zero-order chi connectivity index (χ0) is 12.3. The molecule has 88 valence electrons. The summed E-state index contributed by atoms with van der Waals surface area (Å²) in [4.78, 5) is 0.928. The quantitative estimate of drug-likeness (QED) is 0.813. The summed E-state index contributed by atoms with van der Waals surface area (Å²) in [5.74, 6) is 0.